The molecule has 0 bridgehead atoms. The van der Waals surface area contributed by atoms with E-state index in [1.165, 1.54) is 12.1 Å². The number of ether oxygens (including phenoxy) is 1. The number of amides is 3. The van der Waals surface area contributed by atoms with Crippen molar-refractivity contribution in [1.29, 1.82) is 0 Å². The van der Waals surface area contributed by atoms with E-state index >= 15 is 0 Å². The van der Waals surface area contributed by atoms with E-state index < -0.39 is 35.6 Å². The van der Waals surface area contributed by atoms with Crippen LogP contribution in [0.4, 0.5) is 23.7 Å². The number of nitrogens with one attached hydrogen (secondary N) is 3. The number of rotatable bonds is 5. The van der Waals surface area contributed by atoms with Crippen LogP contribution in [0.2, 0.25) is 0 Å². The average Bonchev–Trinajstić information content (AvgIpc) is 3.26. The Kier molecular flexibility index (Phi) is 6.31. The van der Waals surface area contributed by atoms with Gasteiger partial charge in [-0.05, 0) is 49.9 Å². The van der Waals surface area contributed by atoms with Gasteiger partial charge in [0.15, 0.2) is 0 Å². The molecule has 2 atom stereocenters. The van der Waals surface area contributed by atoms with Crippen LogP contribution in [0.15, 0.2) is 60.8 Å². The molecule has 1 saturated heterocycles. The normalized spacial score (nSPS) is 21.3. The number of para-hydroxylation sites is 1. The molecule has 1 aliphatic carbocycles. The molecule has 1 aliphatic heterocycles. The summed E-state index contributed by atoms with van der Waals surface area (Å²) in [6, 6.07) is 10.2. The van der Waals surface area contributed by atoms with E-state index in [0.717, 1.165) is 37.8 Å². The Balaban J connectivity index is 1.62. The molecule has 3 amide bonds. The standard InChI is InChI=1S/C24H24F3N3O3/c1-14-20(22(31)29-16-8-6-7-15(13-16)24(25,26)27)21(30-23(32)28-14)18-11-4-5-12-19(18)33-17-9-2-3-10-17/h4-8,11-13,17,20-21H,1-3,9-10H2,(H,29,31)(H2,28,30,32)/t20-,21+/m1/s1. The van der Waals surface area contributed by atoms with E-state index in [2.05, 4.69) is 22.5 Å². The van der Waals surface area contributed by atoms with Crippen LogP contribution in [-0.4, -0.2) is 18.0 Å². The maximum atomic E-state index is 13.2. The summed E-state index contributed by atoms with van der Waals surface area (Å²) >= 11 is 0. The number of hydrogen-bond donors (Lipinski definition) is 3. The topological polar surface area (TPSA) is 79.5 Å². The molecule has 6 nitrogen and oxygen atoms in total. The molecule has 0 unspecified atom stereocenters. The number of urea groups is 1. The first kappa shape index (κ1) is 22.7. The highest BCUT2D eigenvalue weighted by Gasteiger charge is 2.39. The van der Waals surface area contributed by atoms with Crippen molar-refractivity contribution >= 4 is 17.6 Å². The fourth-order valence-electron chi connectivity index (χ4n) is 4.28. The zero-order valence-electron chi connectivity index (χ0n) is 17.7. The first-order valence-corrected chi connectivity index (χ1v) is 10.7. The van der Waals surface area contributed by atoms with Crippen LogP contribution in [0, 0.1) is 5.92 Å². The Morgan fingerprint density at radius 2 is 1.82 bits per heavy atom. The smallest absolute Gasteiger partial charge is 0.416 e. The molecule has 2 aromatic carbocycles. The number of anilines is 1. The predicted octanol–water partition coefficient (Wildman–Crippen LogP) is 5.15. The third kappa shape index (κ3) is 5.13. The summed E-state index contributed by atoms with van der Waals surface area (Å²) in [6.45, 7) is 3.82. The zero-order chi connectivity index (χ0) is 23.6. The molecule has 0 radical (unpaired) electrons. The van der Waals surface area contributed by atoms with Gasteiger partial charge in [-0.3, -0.25) is 4.79 Å². The van der Waals surface area contributed by atoms with Crippen LogP contribution in [0.25, 0.3) is 0 Å². The van der Waals surface area contributed by atoms with Crippen molar-refractivity contribution in [2.75, 3.05) is 5.32 Å². The molecule has 9 heteroatoms. The summed E-state index contributed by atoms with van der Waals surface area (Å²) in [7, 11) is 0. The summed E-state index contributed by atoms with van der Waals surface area (Å²) in [6.07, 6.45) is -0.461. The number of alkyl halides is 3. The molecule has 2 aromatic rings. The van der Waals surface area contributed by atoms with Crippen LogP contribution in [0.5, 0.6) is 5.75 Å². The van der Waals surface area contributed by atoms with E-state index in [1.807, 2.05) is 6.07 Å². The lowest BCUT2D eigenvalue weighted by molar-refractivity contribution is -0.137. The Hall–Kier alpha value is -3.49. The molecule has 4 rings (SSSR count). The van der Waals surface area contributed by atoms with Crippen LogP contribution < -0.4 is 20.7 Å². The minimum atomic E-state index is -4.54. The number of halogens is 3. The van der Waals surface area contributed by atoms with Crippen molar-refractivity contribution in [2.24, 2.45) is 5.92 Å². The predicted molar refractivity (Wildman–Crippen MR) is 116 cm³/mol. The maximum Gasteiger partial charge on any atom is 0.416 e. The third-order valence-electron chi connectivity index (χ3n) is 5.86. The van der Waals surface area contributed by atoms with Gasteiger partial charge in [-0.15, -0.1) is 0 Å². The van der Waals surface area contributed by atoms with E-state index in [9.17, 15) is 22.8 Å². The number of carbonyl (C=O) groups excluding carboxylic acids is 2. The first-order valence-electron chi connectivity index (χ1n) is 10.7. The first-order chi connectivity index (χ1) is 15.7. The Labute approximate surface area is 189 Å². The second-order valence-corrected chi connectivity index (χ2v) is 8.21. The summed E-state index contributed by atoms with van der Waals surface area (Å²) in [5.74, 6) is -1.03. The molecule has 33 heavy (non-hydrogen) atoms. The Morgan fingerprint density at radius 3 is 2.55 bits per heavy atom. The van der Waals surface area contributed by atoms with Gasteiger partial charge in [0.2, 0.25) is 5.91 Å². The van der Waals surface area contributed by atoms with Gasteiger partial charge in [0, 0.05) is 16.9 Å². The third-order valence-corrected chi connectivity index (χ3v) is 5.86. The maximum absolute atomic E-state index is 13.2. The van der Waals surface area contributed by atoms with Crippen molar-refractivity contribution in [1.82, 2.24) is 10.6 Å². The molecule has 174 valence electrons. The fourth-order valence-corrected chi connectivity index (χ4v) is 4.28. The molecule has 1 heterocycles. The highest BCUT2D eigenvalue weighted by molar-refractivity contribution is 5.97. The molecule has 3 N–H and O–H groups in total. The van der Waals surface area contributed by atoms with Gasteiger partial charge in [-0.2, -0.15) is 13.2 Å². The quantitative estimate of drug-likeness (QED) is 0.579. The minimum Gasteiger partial charge on any atom is -0.490 e. The van der Waals surface area contributed by atoms with Crippen molar-refractivity contribution in [3.63, 3.8) is 0 Å². The van der Waals surface area contributed by atoms with Gasteiger partial charge in [0.25, 0.3) is 0 Å². The SMILES string of the molecule is C=C1NC(=O)N[C@@H](c2ccccc2OC2CCCC2)[C@@H]1C(=O)Nc1cccc(C(F)(F)F)c1. The largest absolute Gasteiger partial charge is 0.490 e. The van der Waals surface area contributed by atoms with E-state index in [1.54, 1.807) is 18.2 Å². The molecular weight excluding hydrogens is 435 g/mol. The monoisotopic (exact) mass is 459 g/mol. The van der Waals surface area contributed by atoms with Crippen LogP contribution in [-0.2, 0) is 11.0 Å². The Bertz CT molecular complexity index is 1060. The van der Waals surface area contributed by atoms with Crippen molar-refractivity contribution in [3.8, 4) is 5.75 Å². The molecule has 1 saturated carbocycles. The van der Waals surface area contributed by atoms with Gasteiger partial charge in [-0.1, -0.05) is 30.8 Å². The van der Waals surface area contributed by atoms with Crippen molar-refractivity contribution in [2.45, 2.75) is 44.0 Å². The number of benzene rings is 2. The fraction of sp³-hybridized carbons (Fsp3) is 0.333. The lowest BCUT2D eigenvalue weighted by atomic mass is 9.87. The highest BCUT2D eigenvalue weighted by Crippen LogP contribution is 2.37. The van der Waals surface area contributed by atoms with Gasteiger partial charge in [0.05, 0.1) is 17.7 Å². The molecule has 2 aliphatic rings. The summed E-state index contributed by atoms with van der Waals surface area (Å²) in [4.78, 5) is 25.4. The van der Waals surface area contributed by atoms with E-state index in [4.69, 9.17) is 4.74 Å². The summed E-state index contributed by atoms with van der Waals surface area (Å²) in [5, 5.41) is 7.78. The number of hydrogen-bond acceptors (Lipinski definition) is 3. The lowest BCUT2D eigenvalue weighted by Gasteiger charge is -2.35. The molecular formula is C24H24F3N3O3. The van der Waals surface area contributed by atoms with Crippen molar-refractivity contribution < 1.29 is 27.5 Å². The average molecular weight is 459 g/mol. The van der Waals surface area contributed by atoms with Gasteiger partial charge < -0.3 is 20.7 Å². The zero-order valence-corrected chi connectivity index (χ0v) is 17.7. The van der Waals surface area contributed by atoms with Gasteiger partial charge in [-0.25, -0.2) is 4.79 Å². The van der Waals surface area contributed by atoms with Gasteiger partial charge in [0.1, 0.15) is 11.7 Å². The molecule has 0 aromatic heterocycles. The summed E-state index contributed by atoms with van der Waals surface area (Å²) in [5.41, 5.74) is -0.136. The molecule has 0 spiro atoms. The molecule has 2 fully saturated rings. The second kappa shape index (κ2) is 9.17. The van der Waals surface area contributed by atoms with E-state index in [0.29, 0.717) is 11.3 Å². The van der Waals surface area contributed by atoms with Crippen LogP contribution >= 0.6 is 0 Å². The second-order valence-electron chi connectivity index (χ2n) is 8.21. The lowest BCUT2D eigenvalue weighted by Crippen LogP contribution is -2.52. The number of carbonyl (C=O) groups is 2. The van der Waals surface area contributed by atoms with Crippen molar-refractivity contribution in [3.05, 3.63) is 71.9 Å². The van der Waals surface area contributed by atoms with Crippen LogP contribution in [0.1, 0.15) is 42.9 Å². The van der Waals surface area contributed by atoms with E-state index in [-0.39, 0.29) is 17.5 Å². The van der Waals surface area contributed by atoms with Gasteiger partial charge >= 0.3 is 12.2 Å². The highest BCUT2D eigenvalue weighted by atomic mass is 19.4. The summed E-state index contributed by atoms with van der Waals surface area (Å²) < 4.78 is 45.4. The Morgan fingerprint density at radius 1 is 1.09 bits per heavy atom. The van der Waals surface area contributed by atoms with Crippen LogP contribution in [0.3, 0.4) is 0 Å². The minimum absolute atomic E-state index is 0.00577.